The lowest BCUT2D eigenvalue weighted by Gasteiger charge is -2.16. The van der Waals surface area contributed by atoms with E-state index in [1.165, 1.54) is 6.07 Å². The zero-order valence-corrected chi connectivity index (χ0v) is 13.2. The fourth-order valence-corrected chi connectivity index (χ4v) is 2.31. The van der Waals surface area contributed by atoms with E-state index in [-0.39, 0.29) is 23.1 Å². The van der Waals surface area contributed by atoms with Crippen LogP contribution in [0, 0.1) is 10.1 Å². The fourth-order valence-electron chi connectivity index (χ4n) is 2.11. The van der Waals surface area contributed by atoms with E-state index in [1.54, 1.807) is 30.3 Å². The summed E-state index contributed by atoms with van der Waals surface area (Å²) in [5.74, 6) is -1.07. The van der Waals surface area contributed by atoms with Gasteiger partial charge in [-0.3, -0.25) is 14.9 Å². The normalized spacial score (nSPS) is 11.1. The largest absolute Gasteiger partial charge is 0.481 e. The molecule has 0 aliphatic heterocycles. The molecule has 0 aromatic heterocycles. The van der Waals surface area contributed by atoms with Crippen LogP contribution in [-0.4, -0.2) is 22.5 Å². The van der Waals surface area contributed by atoms with E-state index in [1.807, 2.05) is 12.1 Å². The van der Waals surface area contributed by atoms with Gasteiger partial charge in [0.15, 0.2) is 0 Å². The SMILES string of the molecule is CC(=O)O.NCC(c1cccc(Cl)c1)c1ccccc1[N+](=O)[O-]. The third kappa shape index (κ3) is 5.69. The number of nitro benzene ring substituents is 1. The zero-order valence-electron chi connectivity index (χ0n) is 12.5. The monoisotopic (exact) mass is 336 g/mol. The van der Waals surface area contributed by atoms with Gasteiger partial charge in [-0.1, -0.05) is 41.9 Å². The number of para-hydroxylation sites is 1. The lowest BCUT2D eigenvalue weighted by molar-refractivity contribution is -0.385. The summed E-state index contributed by atoms with van der Waals surface area (Å²) >= 11 is 5.96. The quantitative estimate of drug-likeness (QED) is 0.657. The van der Waals surface area contributed by atoms with Crippen molar-refractivity contribution in [3.05, 3.63) is 74.8 Å². The van der Waals surface area contributed by atoms with Gasteiger partial charge in [0.05, 0.1) is 4.92 Å². The number of carboxylic acids is 1. The van der Waals surface area contributed by atoms with Crippen LogP contribution in [0.1, 0.15) is 24.0 Å². The highest BCUT2D eigenvalue weighted by atomic mass is 35.5. The average Bonchev–Trinajstić information content (AvgIpc) is 2.48. The number of nitrogens with zero attached hydrogens (tertiary/aromatic N) is 1. The molecule has 0 aliphatic carbocycles. The van der Waals surface area contributed by atoms with Crippen LogP contribution in [0.3, 0.4) is 0 Å². The topological polar surface area (TPSA) is 106 Å². The summed E-state index contributed by atoms with van der Waals surface area (Å²) in [6, 6.07) is 13.9. The van der Waals surface area contributed by atoms with Gasteiger partial charge in [-0.15, -0.1) is 0 Å². The molecule has 2 rings (SSSR count). The molecule has 6 nitrogen and oxygen atoms in total. The molecule has 0 fully saturated rings. The van der Waals surface area contributed by atoms with Crippen molar-refractivity contribution in [1.82, 2.24) is 0 Å². The molecule has 122 valence electrons. The van der Waals surface area contributed by atoms with E-state index >= 15 is 0 Å². The Labute approximate surface area is 138 Å². The predicted molar refractivity (Wildman–Crippen MR) is 88.8 cm³/mol. The Bertz CT molecular complexity index is 687. The van der Waals surface area contributed by atoms with Crippen molar-refractivity contribution in [2.75, 3.05) is 6.54 Å². The summed E-state index contributed by atoms with van der Waals surface area (Å²) in [5, 5.41) is 19.1. The fraction of sp³-hybridized carbons (Fsp3) is 0.188. The first-order valence-corrected chi connectivity index (χ1v) is 7.13. The molecule has 0 spiro atoms. The van der Waals surface area contributed by atoms with Crippen molar-refractivity contribution in [1.29, 1.82) is 0 Å². The van der Waals surface area contributed by atoms with Gasteiger partial charge in [0.2, 0.25) is 0 Å². The van der Waals surface area contributed by atoms with E-state index in [4.69, 9.17) is 27.2 Å². The third-order valence-corrected chi connectivity index (χ3v) is 3.23. The number of nitrogens with two attached hydrogens (primary N) is 1. The minimum atomic E-state index is -0.833. The molecule has 7 heteroatoms. The van der Waals surface area contributed by atoms with Crippen molar-refractivity contribution < 1.29 is 14.8 Å². The summed E-state index contributed by atoms with van der Waals surface area (Å²) in [6.45, 7) is 1.37. The van der Waals surface area contributed by atoms with Crippen LogP contribution in [-0.2, 0) is 4.79 Å². The Balaban J connectivity index is 0.000000593. The molecule has 0 bridgehead atoms. The van der Waals surface area contributed by atoms with Crippen LogP contribution in [0.25, 0.3) is 0 Å². The highest BCUT2D eigenvalue weighted by molar-refractivity contribution is 6.30. The summed E-state index contributed by atoms with van der Waals surface area (Å²) in [5.41, 5.74) is 7.36. The number of nitro groups is 1. The number of benzene rings is 2. The molecule has 2 aromatic carbocycles. The molecular formula is C16H17ClN2O4. The first-order valence-electron chi connectivity index (χ1n) is 6.75. The standard InChI is InChI=1S/C14H13ClN2O2.C2H4O2/c15-11-5-3-4-10(8-11)13(9-16)12-6-1-2-7-14(12)17(18)19;1-2(3)4/h1-8,13H,9,16H2;1H3,(H,3,4). The predicted octanol–water partition coefficient (Wildman–Crippen LogP) is 3.43. The summed E-state index contributed by atoms with van der Waals surface area (Å²) in [7, 11) is 0. The maximum atomic E-state index is 11.1. The van der Waals surface area contributed by atoms with Gasteiger partial charge in [0, 0.05) is 36.0 Å². The third-order valence-electron chi connectivity index (χ3n) is 3.00. The lowest BCUT2D eigenvalue weighted by Crippen LogP contribution is -2.15. The van der Waals surface area contributed by atoms with Gasteiger partial charge in [-0.05, 0) is 17.7 Å². The Morgan fingerprint density at radius 3 is 2.43 bits per heavy atom. The van der Waals surface area contributed by atoms with Gasteiger partial charge in [0.25, 0.3) is 11.7 Å². The van der Waals surface area contributed by atoms with Crippen LogP contribution >= 0.6 is 11.6 Å². The maximum Gasteiger partial charge on any atom is 0.300 e. The van der Waals surface area contributed by atoms with Gasteiger partial charge in [-0.2, -0.15) is 0 Å². The Kier molecular flexibility index (Phi) is 7.18. The minimum absolute atomic E-state index is 0.0814. The van der Waals surface area contributed by atoms with Crippen molar-refractivity contribution in [3.8, 4) is 0 Å². The van der Waals surface area contributed by atoms with Gasteiger partial charge < -0.3 is 10.8 Å². The number of aliphatic carboxylic acids is 1. The second-order valence-electron chi connectivity index (χ2n) is 4.68. The van der Waals surface area contributed by atoms with Crippen LogP contribution in [0.4, 0.5) is 5.69 Å². The number of carboxylic acid groups (broad SMARTS) is 1. The van der Waals surface area contributed by atoms with E-state index in [0.717, 1.165) is 12.5 Å². The van der Waals surface area contributed by atoms with E-state index in [2.05, 4.69) is 0 Å². The molecule has 0 radical (unpaired) electrons. The molecule has 0 heterocycles. The van der Waals surface area contributed by atoms with E-state index < -0.39 is 5.97 Å². The molecular weight excluding hydrogens is 320 g/mol. The van der Waals surface area contributed by atoms with Crippen molar-refractivity contribution >= 4 is 23.3 Å². The van der Waals surface area contributed by atoms with Gasteiger partial charge in [0.1, 0.15) is 0 Å². The number of hydrogen-bond acceptors (Lipinski definition) is 4. The molecule has 0 saturated heterocycles. The summed E-state index contributed by atoms with van der Waals surface area (Å²) in [6.07, 6.45) is 0. The van der Waals surface area contributed by atoms with Crippen LogP contribution < -0.4 is 5.73 Å². The van der Waals surface area contributed by atoms with E-state index in [0.29, 0.717) is 10.6 Å². The second kappa shape index (κ2) is 8.87. The number of rotatable bonds is 4. The van der Waals surface area contributed by atoms with Crippen LogP contribution in [0.15, 0.2) is 48.5 Å². The molecule has 3 N–H and O–H groups in total. The first-order chi connectivity index (χ1) is 10.9. The van der Waals surface area contributed by atoms with Crippen LogP contribution in [0.5, 0.6) is 0 Å². The van der Waals surface area contributed by atoms with Crippen molar-refractivity contribution in [3.63, 3.8) is 0 Å². The van der Waals surface area contributed by atoms with Gasteiger partial charge in [-0.25, -0.2) is 0 Å². The smallest absolute Gasteiger partial charge is 0.300 e. The molecule has 0 amide bonds. The minimum Gasteiger partial charge on any atom is -0.481 e. The number of hydrogen-bond donors (Lipinski definition) is 2. The van der Waals surface area contributed by atoms with Crippen LogP contribution in [0.2, 0.25) is 5.02 Å². The zero-order chi connectivity index (χ0) is 17.4. The van der Waals surface area contributed by atoms with Gasteiger partial charge >= 0.3 is 0 Å². The maximum absolute atomic E-state index is 11.1. The average molecular weight is 337 g/mol. The highest BCUT2D eigenvalue weighted by Crippen LogP contribution is 2.31. The molecule has 1 atom stereocenters. The second-order valence-corrected chi connectivity index (χ2v) is 5.11. The molecule has 23 heavy (non-hydrogen) atoms. The van der Waals surface area contributed by atoms with Crippen molar-refractivity contribution in [2.24, 2.45) is 5.73 Å². The number of halogens is 1. The summed E-state index contributed by atoms with van der Waals surface area (Å²) < 4.78 is 0. The molecule has 0 aliphatic rings. The molecule has 2 aromatic rings. The molecule has 0 saturated carbocycles. The number of carbonyl (C=O) groups is 1. The van der Waals surface area contributed by atoms with E-state index in [9.17, 15) is 10.1 Å². The summed E-state index contributed by atoms with van der Waals surface area (Å²) in [4.78, 5) is 19.7. The first kappa shape index (κ1) is 18.6. The Morgan fingerprint density at radius 1 is 1.30 bits per heavy atom. The Morgan fingerprint density at radius 2 is 1.91 bits per heavy atom. The molecule has 1 unspecified atom stereocenters. The lowest BCUT2D eigenvalue weighted by atomic mass is 9.90. The van der Waals surface area contributed by atoms with Crippen molar-refractivity contribution in [2.45, 2.75) is 12.8 Å². The Hall–Kier alpha value is -2.44. The highest BCUT2D eigenvalue weighted by Gasteiger charge is 2.22.